The second-order valence-corrected chi connectivity index (χ2v) is 15.6. The van der Waals surface area contributed by atoms with Gasteiger partial charge < -0.3 is 28.4 Å². The topological polar surface area (TPSA) is 179 Å². The number of nitrogens with zero attached hydrogens (tertiary/aromatic N) is 5. The van der Waals surface area contributed by atoms with E-state index >= 15 is 0 Å². The maximum absolute atomic E-state index is 13.1. The van der Waals surface area contributed by atoms with Crippen molar-refractivity contribution in [2.75, 3.05) is 60.2 Å². The zero-order valence-electron chi connectivity index (χ0n) is 33.3. The predicted molar refractivity (Wildman–Crippen MR) is 213 cm³/mol. The van der Waals surface area contributed by atoms with Gasteiger partial charge in [0.15, 0.2) is 0 Å². The van der Waals surface area contributed by atoms with Crippen molar-refractivity contribution in [3.63, 3.8) is 0 Å². The van der Waals surface area contributed by atoms with Crippen LogP contribution in [-0.2, 0) is 32.7 Å². The Kier molecular flexibility index (Phi) is 10.9. The minimum atomic E-state index is -1.03. The Morgan fingerprint density at radius 1 is 0.881 bits per heavy atom. The van der Waals surface area contributed by atoms with Crippen LogP contribution in [0.4, 0.5) is 0 Å². The van der Waals surface area contributed by atoms with Crippen LogP contribution in [0.15, 0.2) is 59.8 Å². The molecule has 0 radical (unpaired) electrons. The lowest BCUT2D eigenvalue weighted by atomic mass is 9.72. The molecule has 0 saturated carbocycles. The van der Waals surface area contributed by atoms with Crippen molar-refractivity contribution in [1.29, 1.82) is 0 Å². The van der Waals surface area contributed by atoms with E-state index in [-0.39, 0.29) is 67.1 Å². The number of piperidine rings is 2. The van der Waals surface area contributed by atoms with Crippen LogP contribution in [0.5, 0.6) is 17.2 Å². The second kappa shape index (κ2) is 16.3. The van der Waals surface area contributed by atoms with Crippen LogP contribution >= 0.6 is 0 Å². The largest absolute Gasteiger partial charge is 0.496 e. The van der Waals surface area contributed by atoms with Crippen LogP contribution in [0.1, 0.15) is 58.4 Å². The number of fused-ring (bicyclic) bond motifs is 2. The number of rotatable bonds is 13. The van der Waals surface area contributed by atoms with Gasteiger partial charge in [-0.3, -0.25) is 48.9 Å². The van der Waals surface area contributed by atoms with Crippen LogP contribution in [0.25, 0.3) is 21.9 Å². The number of nitrogens with one attached hydrogen (secondary N) is 1. The van der Waals surface area contributed by atoms with Gasteiger partial charge in [-0.25, -0.2) is 0 Å². The summed E-state index contributed by atoms with van der Waals surface area (Å²) >= 11 is 0. The summed E-state index contributed by atoms with van der Waals surface area (Å²) in [7, 11) is 5.04. The van der Waals surface area contributed by atoms with E-state index in [1.807, 2.05) is 29.3 Å². The SMILES string of the molecule is COc1cc(-c2cn(C)c(=O)c3cnccc23)cc(OC)c1CN1CCC2(CC1)CN(C(=O)CCOCCOc1ccc3c(c1)C(=O)N(C1CCC(=O)NC1=O)C3=O)C2. The van der Waals surface area contributed by atoms with Crippen molar-refractivity contribution in [1.82, 2.24) is 29.6 Å². The van der Waals surface area contributed by atoms with E-state index in [4.69, 9.17) is 18.9 Å². The number of hydrogen-bond acceptors (Lipinski definition) is 12. The summed E-state index contributed by atoms with van der Waals surface area (Å²) in [5.74, 6) is -0.429. The van der Waals surface area contributed by atoms with Gasteiger partial charge >= 0.3 is 0 Å². The van der Waals surface area contributed by atoms with Crippen molar-refractivity contribution >= 4 is 40.3 Å². The van der Waals surface area contributed by atoms with E-state index in [0.29, 0.717) is 29.2 Å². The minimum Gasteiger partial charge on any atom is -0.496 e. The maximum Gasteiger partial charge on any atom is 0.262 e. The third-order valence-electron chi connectivity index (χ3n) is 12.0. The van der Waals surface area contributed by atoms with Crippen LogP contribution in [0.3, 0.4) is 0 Å². The summed E-state index contributed by atoms with van der Waals surface area (Å²) in [5, 5.41) is 3.54. The lowest BCUT2D eigenvalue weighted by Gasteiger charge is -2.54. The van der Waals surface area contributed by atoms with Gasteiger partial charge in [0.05, 0.1) is 55.9 Å². The number of methoxy groups -OCH3 is 2. The molecule has 16 heteroatoms. The van der Waals surface area contributed by atoms with Crippen molar-refractivity contribution in [2.24, 2.45) is 12.5 Å². The molecule has 1 N–H and O–H groups in total. The summed E-state index contributed by atoms with van der Waals surface area (Å²) in [6, 6.07) is 9.35. The monoisotopic (exact) mass is 806 g/mol. The molecule has 2 aromatic heterocycles. The Bertz CT molecular complexity index is 2390. The Labute approximate surface area is 339 Å². The summed E-state index contributed by atoms with van der Waals surface area (Å²) in [6.07, 6.45) is 7.45. The third-order valence-corrected chi connectivity index (χ3v) is 12.0. The average Bonchev–Trinajstić information content (AvgIpc) is 3.47. The molecule has 4 aliphatic rings. The lowest BCUT2D eigenvalue weighted by molar-refractivity contribution is -0.148. The molecule has 3 fully saturated rings. The molecule has 4 aliphatic heterocycles. The zero-order chi connectivity index (χ0) is 41.4. The Morgan fingerprint density at radius 3 is 2.32 bits per heavy atom. The first-order chi connectivity index (χ1) is 28.5. The van der Waals surface area contributed by atoms with E-state index in [1.165, 1.54) is 12.1 Å². The number of imide groups is 2. The number of carbonyl (C=O) groups excluding carboxylic acids is 5. The standard InChI is InChI=1S/C43H46N6O10/c1-46-22-32(28-8-12-44-21-31(28)40(46)53)26-18-35(56-2)33(36(19-26)57-3)23-47-13-10-43(11-14-47)24-48(25-43)38(51)9-15-58-16-17-59-27-4-5-29-30(20-27)42(55)49(41(29)54)34-6-7-37(50)45-39(34)52/h4-5,8,12,18-22,34H,6-7,9-11,13-17,23-25H2,1-3H3,(H,45,50,52). The highest BCUT2D eigenvalue weighted by Crippen LogP contribution is 2.43. The Morgan fingerprint density at radius 2 is 1.61 bits per heavy atom. The number of aryl methyl sites for hydroxylation is 1. The predicted octanol–water partition coefficient (Wildman–Crippen LogP) is 2.93. The molecule has 308 valence electrons. The van der Waals surface area contributed by atoms with Crippen LogP contribution in [0.2, 0.25) is 0 Å². The molecule has 59 heavy (non-hydrogen) atoms. The van der Waals surface area contributed by atoms with Crippen LogP contribution < -0.4 is 25.1 Å². The minimum absolute atomic E-state index is 0.0486. The second-order valence-electron chi connectivity index (χ2n) is 15.6. The van der Waals surface area contributed by atoms with Gasteiger partial charge in [0, 0.05) is 62.7 Å². The fraction of sp³-hybridized carbons (Fsp3) is 0.419. The quantitative estimate of drug-likeness (QED) is 0.155. The molecule has 0 bridgehead atoms. The highest BCUT2D eigenvalue weighted by molar-refractivity contribution is 6.23. The molecule has 8 rings (SSSR count). The summed E-state index contributed by atoms with van der Waals surface area (Å²) < 4.78 is 24.8. The summed E-state index contributed by atoms with van der Waals surface area (Å²) in [4.78, 5) is 85.0. The van der Waals surface area contributed by atoms with Gasteiger partial charge in [-0.2, -0.15) is 0 Å². The van der Waals surface area contributed by atoms with Crippen molar-refractivity contribution < 1.29 is 42.9 Å². The summed E-state index contributed by atoms with van der Waals surface area (Å²) in [5.41, 5.74) is 3.03. The van der Waals surface area contributed by atoms with E-state index < -0.39 is 29.7 Å². The molecular formula is C43H46N6O10. The number of carbonyl (C=O) groups is 5. The molecule has 1 unspecified atom stereocenters. The third kappa shape index (κ3) is 7.65. The fourth-order valence-corrected chi connectivity index (χ4v) is 8.68. The first-order valence-electron chi connectivity index (χ1n) is 19.7. The maximum atomic E-state index is 13.1. The van der Waals surface area contributed by atoms with E-state index in [9.17, 15) is 28.8 Å². The molecule has 1 atom stereocenters. The van der Waals surface area contributed by atoms with Gasteiger partial charge in [-0.15, -0.1) is 0 Å². The van der Waals surface area contributed by atoms with Gasteiger partial charge in [0.2, 0.25) is 17.7 Å². The molecular weight excluding hydrogens is 761 g/mol. The van der Waals surface area contributed by atoms with Crippen molar-refractivity contribution in [2.45, 2.75) is 44.7 Å². The normalized spacial score (nSPS) is 18.9. The Balaban J connectivity index is 0.774. The van der Waals surface area contributed by atoms with Crippen LogP contribution in [-0.4, -0.2) is 120 Å². The number of pyridine rings is 2. The van der Waals surface area contributed by atoms with E-state index in [0.717, 1.165) is 66.0 Å². The van der Waals surface area contributed by atoms with E-state index in [1.54, 1.807) is 44.3 Å². The smallest absolute Gasteiger partial charge is 0.262 e. The fourth-order valence-electron chi connectivity index (χ4n) is 8.68. The first-order valence-corrected chi connectivity index (χ1v) is 19.7. The number of ether oxygens (including phenoxy) is 4. The molecule has 5 amide bonds. The average molecular weight is 807 g/mol. The number of benzene rings is 2. The molecule has 16 nitrogen and oxygen atoms in total. The van der Waals surface area contributed by atoms with Crippen LogP contribution in [0, 0.1) is 5.41 Å². The molecule has 4 aromatic rings. The highest BCUT2D eigenvalue weighted by Gasteiger charge is 2.47. The van der Waals surface area contributed by atoms with E-state index in [2.05, 4.69) is 15.2 Å². The van der Waals surface area contributed by atoms with Crippen molar-refractivity contribution in [3.05, 3.63) is 82.0 Å². The molecule has 1 spiro atoms. The number of aromatic nitrogens is 2. The van der Waals surface area contributed by atoms with Gasteiger partial charge in [0.25, 0.3) is 17.4 Å². The van der Waals surface area contributed by atoms with Gasteiger partial charge in [-0.1, -0.05) is 0 Å². The number of hydrogen-bond donors (Lipinski definition) is 1. The highest BCUT2D eigenvalue weighted by atomic mass is 16.5. The molecule has 6 heterocycles. The summed E-state index contributed by atoms with van der Waals surface area (Å²) in [6.45, 7) is 4.50. The number of likely N-dealkylation sites (tertiary alicyclic amines) is 2. The molecule has 3 saturated heterocycles. The van der Waals surface area contributed by atoms with Gasteiger partial charge in [0.1, 0.15) is 29.9 Å². The Hall–Kier alpha value is -6.13. The van der Waals surface area contributed by atoms with Gasteiger partial charge in [-0.05, 0) is 79.7 Å². The first kappa shape index (κ1) is 39.7. The lowest BCUT2D eigenvalue weighted by Crippen LogP contribution is -2.61. The molecule has 2 aromatic carbocycles. The number of amides is 5. The van der Waals surface area contributed by atoms with Crippen molar-refractivity contribution in [3.8, 4) is 28.4 Å². The zero-order valence-corrected chi connectivity index (χ0v) is 33.3. The molecule has 0 aliphatic carbocycles.